The van der Waals surface area contributed by atoms with E-state index in [1.807, 2.05) is 6.92 Å². The number of carbonyl (C=O) groups excluding carboxylic acids is 1. The van der Waals surface area contributed by atoms with Crippen LogP contribution in [-0.4, -0.2) is 30.3 Å². The van der Waals surface area contributed by atoms with Gasteiger partial charge in [0.2, 0.25) is 0 Å². The molecule has 0 unspecified atom stereocenters. The van der Waals surface area contributed by atoms with Crippen molar-refractivity contribution >= 4 is 5.78 Å². The van der Waals surface area contributed by atoms with Gasteiger partial charge in [0.15, 0.2) is 0 Å². The molecule has 0 aromatic rings. The van der Waals surface area contributed by atoms with Crippen molar-refractivity contribution in [2.45, 2.75) is 39.0 Å². The van der Waals surface area contributed by atoms with Crippen LogP contribution in [0.25, 0.3) is 0 Å². The highest BCUT2D eigenvalue weighted by molar-refractivity contribution is 5.80. The molecule has 0 amide bonds. The molecule has 1 heterocycles. The number of carbonyl (C=O) groups is 1. The molecule has 0 atom stereocenters. The monoisotopic (exact) mass is 169 g/mol. The summed E-state index contributed by atoms with van der Waals surface area (Å²) < 4.78 is 0. The summed E-state index contributed by atoms with van der Waals surface area (Å²) in [5, 5.41) is 0. The molecule has 12 heavy (non-hydrogen) atoms. The van der Waals surface area contributed by atoms with Gasteiger partial charge in [-0.15, -0.1) is 0 Å². The first-order valence-electron chi connectivity index (χ1n) is 5.07. The first-order chi connectivity index (χ1) is 5.83. The number of ketones is 1. The highest BCUT2D eigenvalue weighted by Gasteiger charge is 2.10. The molecule has 0 radical (unpaired) electrons. The van der Waals surface area contributed by atoms with E-state index < -0.39 is 0 Å². The molecule has 1 rings (SSSR count). The maximum atomic E-state index is 11.2. The number of Topliss-reactive ketones (excluding diaryl/α,β-unsaturated/α-hetero) is 1. The van der Waals surface area contributed by atoms with Gasteiger partial charge in [0.1, 0.15) is 5.78 Å². The quantitative estimate of drug-likeness (QED) is 0.642. The SMILES string of the molecule is CCC(=O)CN1CCCCCC1. The van der Waals surface area contributed by atoms with Crippen molar-refractivity contribution in [3.63, 3.8) is 0 Å². The van der Waals surface area contributed by atoms with Gasteiger partial charge in [-0.05, 0) is 25.9 Å². The van der Waals surface area contributed by atoms with Crippen molar-refractivity contribution in [3.8, 4) is 0 Å². The van der Waals surface area contributed by atoms with E-state index in [4.69, 9.17) is 0 Å². The van der Waals surface area contributed by atoms with E-state index in [1.165, 1.54) is 25.7 Å². The fourth-order valence-electron chi connectivity index (χ4n) is 1.66. The maximum Gasteiger partial charge on any atom is 0.146 e. The zero-order valence-electron chi connectivity index (χ0n) is 8.01. The average molecular weight is 169 g/mol. The zero-order chi connectivity index (χ0) is 8.81. The Morgan fingerprint density at radius 3 is 2.25 bits per heavy atom. The molecule has 0 aliphatic carbocycles. The molecule has 0 aromatic heterocycles. The third-order valence-electron chi connectivity index (χ3n) is 2.49. The number of hydrogen-bond acceptors (Lipinski definition) is 2. The largest absolute Gasteiger partial charge is 0.298 e. The second-order valence-electron chi connectivity index (χ2n) is 3.58. The Kier molecular flexibility index (Phi) is 4.30. The predicted octanol–water partition coefficient (Wildman–Crippen LogP) is 1.84. The lowest BCUT2D eigenvalue weighted by Crippen LogP contribution is -2.30. The van der Waals surface area contributed by atoms with Gasteiger partial charge in [-0.1, -0.05) is 19.8 Å². The van der Waals surface area contributed by atoms with Crippen molar-refractivity contribution < 1.29 is 4.79 Å². The molecule has 0 bridgehead atoms. The molecule has 2 nitrogen and oxygen atoms in total. The molecule has 1 aliphatic rings. The van der Waals surface area contributed by atoms with Gasteiger partial charge in [0, 0.05) is 6.42 Å². The van der Waals surface area contributed by atoms with Crippen LogP contribution in [0.1, 0.15) is 39.0 Å². The Morgan fingerprint density at radius 2 is 1.75 bits per heavy atom. The van der Waals surface area contributed by atoms with Crippen LogP contribution in [0.5, 0.6) is 0 Å². The van der Waals surface area contributed by atoms with Gasteiger partial charge in [0.05, 0.1) is 6.54 Å². The van der Waals surface area contributed by atoms with Crippen LogP contribution in [0.2, 0.25) is 0 Å². The van der Waals surface area contributed by atoms with E-state index in [9.17, 15) is 4.79 Å². The van der Waals surface area contributed by atoms with Crippen LogP contribution >= 0.6 is 0 Å². The highest BCUT2D eigenvalue weighted by atomic mass is 16.1. The van der Waals surface area contributed by atoms with Crippen molar-refractivity contribution in [2.75, 3.05) is 19.6 Å². The van der Waals surface area contributed by atoms with E-state index in [-0.39, 0.29) is 0 Å². The Labute approximate surface area is 74.9 Å². The van der Waals surface area contributed by atoms with E-state index >= 15 is 0 Å². The zero-order valence-corrected chi connectivity index (χ0v) is 8.01. The Bertz CT molecular complexity index is 137. The van der Waals surface area contributed by atoms with Crippen LogP contribution in [0.3, 0.4) is 0 Å². The Balaban J connectivity index is 2.24. The molecule has 0 aromatic carbocycles. The fraction of sp³-hybridized carbons (Fsp3) is 0.900. The summed E-state index contributed by atoms with van der Waals surface area (Å²) in [7, 11) is 0. The third-order valence-corrected chi connectivity index (χ3v) is 2.49. The number of likely N-dealkylation sites (tertiary alicyclic amines) is 1. The number of rotatable bonds is 3. The van der Waals surface area contributed by atoms with Gasteiger partial charge >= 0.3 is 0 Å². The molecular weight excluding hydrogens is 150 g/mol. The first-order valence-corrected chi connectivity index (χ1v) is 5.07. The Hall–Kier alpha value is -0.370. The van der Waals surface area contributed by atoms with Crippen LogP contribution in [0.15, 0.2) is 0 Å². The Morgan fingerprint density at radius 1 is 1.17 bits per heavy atom. The molecule has 1 aliphatic heterocycles. The smallest absolute Gasteiger partial charge is 0.146 e. The van der Waals surface area contributed by atoms with Crippen molar-refractivity contribution in [2.24, 2.45) is 0 Å². The van der Waals surface area contributed by atoms with Crippen LogP contribution in [-0.2, 0) is 4.79 Å². The summed E-state index contributed by atoms with van der Waals surface area (Å²) in [4.78, 5) is 13.5. The standard InChI is InChI=1S/C10H19NO/c1-2-10(12)9-11-7-5-3-4-6-8-11/h2-9H2,1H3. The van der Waals surface area contributed by atoms with E-state index in [1.54, 1.807) is 0 Å². The van der Waals surface area contributed by atoms with E-state index in [2.05, 4.69) is 4.90 Å². The lowest BCUT2D eigenvalue weighted by Gasteiger charge is -2.17. The molecule has 0 saturated carbocycles. The van der Waals surface area contributed by atoms with Crippen molar-refractivity contribution in [1.82, 2.24) is 4.90 Å². The van der Waals surface area contributed by atoms with Gasteiger partial charge in [-0.2, -0.15) is 0 Å². The summed E-state index contributed by atoms with van der Waals surface area (Å²) >= 11 is 0. The van der Waals surface area contributed by atoms with E-state index in [0.29, 0.717) is 18.7 Å². The summed E-state index contributed by atoms with van der Waals surface area (Å²) in [5.41, 5.74) is 0. The lowest BCUT2D eigenvalue weighted by molar-refractivity contribution is -0.119. The average Bonchev–Trinajstić information content (AvgIpc) is 2.33. The summed E-state index contributed by atoms with van der Waals surface area (Å²) in [6, 6.07) is 0. The topological polar surface area (TPSA) is 20.3 Å². The van der Waals surface area contributed by atoms with Gasteiger partial charge < -0.3 is 0 Å². The minimum absolute atomic E-state index is 0.386. The molecule has 0 N–H and O–H groups in total. The van der Waals surface area contributed by atoms with Gasteiger partial charge in [-0.25, -0.2) is 0 Å². The normalized spacial score (nSPS) is 20.4. The van der Waals surface area contributed by atoms with E-state index in [0.717, 1.165) is 13.1 Å². The summed E-state index contributed by atoms with van der Waals surface area (Å²) in [6.07, 6.45) is 5.93. The summed E-state index contributed by atoms with van der Waals surface area (Å²) in [5.74, 6) is 0.386. The second kappa shape index (κ2) is 5.31. The first kappa shape index (κ1) is 9.72. The van der Waals surface area contributed by atoms with Crippen LogP contribution < -0.4 is 0 Å². The summed E-state index contributed by atoms with van der Waals surface area (Å²) in [6.45, 7) is 4.90. The fourth-order valence-corrected chi connectivity index (χ4v) is 1.66. The second-order valence-corrected chi connectivity index (χ2v) is 3.58. The molecule has 2 heteroatoms. The lowest BCUT2D eigenvalue weighted by atomic mass is 10.2. The molecule has 1 saturated heterocycles. The van der Waals surface area contributed by atoms with Crippen LogP contribution in [0, 0.1) is 0 Å². The third kappa shape index (κ3) is 3.35. The minimum Gasteiger partial charge on any atom is -0.298 e. The number of nitrogens with zero attached hydrogens (tertiary/aromatic N) is 1. The maximum absolute atomic E-state index is 11.2. The van der Waals surface area contributed by atoms with Gasteiger partial charge in [-0.3, -0.25) is 9.69 Å². The minimum atomic E-state index is 0.386. The van der Waals surface area contributed by atoms with Crippen molar-refractivity contribution in [1.29, 1.82) is 0 Å². The molecule has 70 valence electrons. The van der Waals surface area contributed by atoms with Crippen molar-refractivity contribution in [3.05, 3.63) is 0 Å². The van der Waals surface area contributed by atoms with Gasteiger partial charge in [0.25, 0.3) is 0 Å². The van der Waals surface area contributed by atoms with Crippen LogP contribution in [0.4, 0.5) is 0 Å². The molecular formula is C10H19NO. The molecule has 1 fully saturated rings. The predicted molar refractivity (Wildman–Crippen MR) is 50.2 cm³/mol. The number of hydrogen-bond donors (Lipinski definition) is 0. The highest BCUT2D eigenvalue weighted by Crippen LogP contribution is 2.09. The molecule has 0 spiro atoms.